The molecule has 0 aliphatic rings. The van der Waals surface area contributed by atoms with E-state index in [0.29, 0.717) is 18.7 Å². The second-order valence-corrected chi connectivity index (χ2v) is 12.4. The minimum atomic E-state index is -0.871. The van der Waals surface area contributed by atoms with E-state index in [1.54, 1.807) is 25.7 Å². The van der Waals surface area contributed by atoms with Gasteiger partial charge in [-0.05, 0) is 70.6 Å². The SMILES string of the molecule is CCCCCCCN(C(=O)C(CC(C)C)NC(=O)OC(C)(C)C)C(C(=O)Nc1ccccc1C)c1ccc(C)cc1. The van der Waals surface area contributed by atoms with Gasteiger partial charge in [-0.15, -0.1) is 0 Å². The first-order chi connectivity index (χ1) is 19.3. The van der Waals surface area contributed by atoms with Crippen LogP contribution in [0.3, 0.4) is 0 Å². The lowest BCUT2D eigenvalue weighted by Crippen LogP contribution is -2.53. The number of para-hydroxylation sites is 1. The summed E-state index contributed by atoms with van der Waals surface area (Å²) in [5.41, 5.74) is 2.73. The second-order valence-electron chi connectivity index (χ2n) is 12.4. The van der Waals surface area contributed by atoms with Gasteiger partial charge in [0.2, 0.25) is 5.91 Å². The Labute approximate surface area is 247 Å². The van der Waals surface area contributed by atoms with Crippen molar-refractivity contribution in [2.24, 2.45) is 5.92 Å². The number of hydrogen-bond donors (Lipinski definition) is 2. The molecule has 0 saturated carbocycles. The summed E-state index contributed by atoms with van der Waals surface area (Å²) in [6, 6.07) is 13.6. The number of amides is 3. The van der Waals surface area contributed by atoms with Gasteiger partial charge in [0.1, 0.15) is 17.7 Å². The largest absolute Gasteiger partial charge is 0.444 e. The third-order valence-corrected chi connectivity index (χ3v) is 6.84. The predicted molar refractivity (Wildman–Crippen MR) is 167 cm³/mol. The van der Waals surface area contributed by atoms with Crippen LogP contribution in [0.1, 0.15) is 103 Å². The van der Waals surface area contributed by atoms with E-state index in [2.05, 4.69) is 17.6 Å². The minimum absolute atomic E-state index is 0.129. The van der Waals surface area contributed by atoms with Crippen LogP contribution >= 0.6 is 0 Å². The van der Waals surface area contributed by atoms with Crippen LogP contribution in [-0.2, 0) is 14.3 Å². The van der Waals surface area contributed by atoms with E-state index >= 15 is 0 Å². The quantitative estimate of drug-likeness (QED) is 0.230. The number of benzene rings is 2. The molecule has 0 saturated heterocycles. The van der Waals surface area contributed by atoms with Crippen molar-refractivity contribution in [2.75, 3.05) is 11.9 Å². The normalized spacial score (nSPS) is 12.9. The Kier molecular flexibility index (Phi) is 13.4. The number of aryl methyl sites for hydroxylation is 2. The predicted octanol–water partition coefficient (Wildman–Crippen LogP) is 7.72. The molecule has 2 aromatic carbocycles. The number of hydrogen-bond acceptors (Lipinski definition) is 4. The molecule has 2 aromatic rings. The number of alkyl carbamates (subject to hydrolysis) is 1. The fourth-order valence-corrected chi connectivity index (χ4v) is 4.73. The summed E-state index contributed by atoms with van der Waals surface area (Å²) < 4.78 is 5.50. The molecule has 0 aliphatic heterocycles. The number of rotatable bonds is 14. The monoisotopic (exact) mass is 565 g/mol. The maximum Gasteiger partial charge on any atom is 0.408 e. The molecule has 2 N–H and O–H groups in total. The average Bonchev–Trinajstić information content (AvgIpc) is 2.88. The molecule has 7 nitrogen and oxygen atoms in total. The lowest BCUT2D eigenvalue weighted by molar-refractivity contribution is -0.141. The highest BCUT2D eigenvalue weighted by molar-refractivity contribution is 5.99. The van der Waals surface area contributed by atoms with E-state index in [0.717, 1.165) is 48.8 Å². The highest BCUT2D eigenvalue weighted by atomic mass is 16.6. The smallest absolute Gasteiger partial charge is 0.408 e. The molecule has 0 aliphatic carbocycles. The number of carbonyl (C=O) groups is 3. The Morgan fingerprint density at radius 2 is 1.54 bits per heavy atom. The fraction of sp³-hybridized carbons (Fsp3) is 0.559. The number of ether oxygens (including phenoxy) is 1. The van der Waals surface area contributed by atoms with Crippen LogP contribution in [0.4, 0.5) is 10.5 Å². The highest BCUT2D eigenvalue weighted by Gasteiger charge is 2.36. The zero-order valence-corrected chi connectivity index (χ0v) is 26.4. The highest BCUT2D eigenvalue weighted by Crippen LogP contribution is 2.27. The molecule has 0 fully saturated rings. The summed E-state index contributed by atoms with van der Waals surface area (Å²) in [5, 5.41) is 5.90. The van der Waals surface area contributed by atoms with Gasteiger partial charge in [0.05, 0.1) is 0 Å². The summed E-state index contributed by atoms with van der Waals surface area (Å²) in [4.78, 5) is 42.9. The lowest BCUT2D eigenvalue weighted by Gasteiger charge is -2.35. The number of unbranched alkanes of at least 4 members (excludes halogenated alkanes) is 4. The Morgan fingerprint density at radius 3 is 2.12 bits per heavy atom. The minimum Gasteiger partial charge on any atom is -0.444 e. The Morgan fingerprint density at radius 1 is 0.902 bits per heavy atom. The third kappa shape index (κ3) is 11.6. The van der Waals surface area contributed by atoms with Gasteiger partial charge in [-0.25, -0.2) is 4.79 Å². The van der Waals surface area contributed by atoms with Gasteiger partial charge < -0.3 is 20.3 Å². The molecule has 0 spiro atoms. The molecule has 0 heterocycles. The number of nitrogens with one attached hydrogen (secondary N) is 2. The van der Waals surface area contributed by atoms with E-state index in [1.807, 2.05) is 76.2 Å². The van der Waals surface area contributed by atoms with E-state index < -0.39 is 23.8 Å². The van der Waals surface area contributed by atoms with Gasteiger partial charge in [0, 0.05) is 12.2 Å². The van der Waals surface area contributed by atoms with Crippen molar-refractivity contribution < 1.29 is 19.1 Å². The molecular weight excluding hydrogens is 514 g/mol. The molecule has 0 aromatic heterocycles. The molecule has 226 valence electrons. The van der Waals surface area contributed by atoms with E-state index in [-0.39, 0.29) is 17.7 Å². The van der Waals surface area contributed by atoms with E-state index in [9.17, 15) is 14.4 Å². The van der Waals surface area contributed by atoms with Gasteiger partial charge in [0.15, 0.2) is 0 Å². The van der Waals surface area contributed by atoms with Crippen molar-refractivity contribution in [2.45, 2.75) is 112 Å². The topological polar surface area (TPSA) is 87.7 Å². The zero-order chi connectivity index (χ0) is 30.6. The zero-order valence-electron chi connectivity index (χ0n) is 26.4. The molecule has 2 unspecified atom stereocenters. The molecule has 2 atom stereocenters. The van der Waals surface area contributed by atoms with E-state index in [4.69, 9.17) is 4.74 Å². The van der Waals surface area contributed by atoms with E-state index in [1.165, 1.54) is 0 Å². The molecular formula is C34H51N3O4. The van der Waals surface area contributed by atoms with Gasteiger partial charge in [0.25, 0.3) is 5.91 Å². The number of nitrogens with zero attached hydrogens (tertiary/aromatic N) is 1. The molecule has 0 radical (unpaired) electrons. The fourth-order valence-electron chi connectivity index (χ4n) is 4.73. The summed E-state index contributed by atoms with van der Waals surface area (Å²) in [5.74, 6) is -0.444. The summed E-state index contributed by atoms with van der Waals surface area (Å²) >= 11 is 0. The summed E-state index contributed by atoms with van der Waals surface area (Å²) in [6.07, 6.45) is 4.79. The van der Waals surface area contributed by atoms with Crippen molar-refractivity contribution in [1.29, 1.82) is 0 Å². The van der Waals surface area contributed by atoms with Crippen molar-refractivity contribution in [3.8, 4) is 0 Å². The van der Waals surface area contributed by atoms with Crippen molar-refractivity contribution in [3.05, 3.63) is 65.2 Å². The standard InChI is InChI=1S/C34H51N3O4/c1-9-10-11-12-15-22-37(32(39)29(23-24(2)3)36-33(40)41-34(6,7)8)30(27-20-18-25(4)19-21-27)31(38)35-28-17-14-13-16-26(28)5/h13-14,16-21,24,29-30H,9-12,15,22-23H2,1-8H3,(H,35,38)(H,36,40). The molecule has 2 rings (SSSR count). The van der Waals surface area contributed by atoms with Crippen molar-refractivity contribution >= 4 is 23.6 Å². The third-order valence-electron chi connectivity index (χ3n) is 6.84. The Balaban J connectivity index is 2.52. The first kappa shape index (κ1) is 33.9. The molecule has 3 amide bonds. The second kappa shape index (κ2) is 16.2. The van der Waals surface area contributed by atoms with Crippen LogP contribution in [0.25, 0.3) is 0 Å². The van der Waals surface area contributed by atoms with Gasteiger partial charge in [-0.3, -0.25) is 9.59 Å². The summed E-state index contributed by atoms with van der Waals surface area (Å²) in [7, 11) is 0. The van der Waals surface area contributed by atoms with Crippen LogP contribution in [0.15, 0.2) is 48.5 Å². The Hall–Kier alpha value is -3.35. The van der Waals surface area contributed by atoms with Crippen molar-refractivity contribution in [3.63, 3.8) is 0 Å². The van der Waals surface area contributed by atoms with Crippen LogP contribution in [-0.4, -0.2) is 41.0 Å². The van der Waals surface area contributed by atoms with Gasteiger partial charge >= 0.3 is 6.09 Å². The lowest BCUT2D eigenvalue weighted by atomic mass is 9.98. The first-order valence-corrected chi connectivity index (χ1v) is 15.1. The molecule has 0 bridgehead atoms. The number of carbonyl (C=O) groups excluding carboxylic acids is 3. The summed E-state index contributed by atoms with van der Waals surface area (Å²) in [6.45, 7) is 15.9. The molecule has 7 heteroatoms. The van der Waals surface area contributed by atoms with Crippen LogP contribution in [0, 0.1) is 19.8 Å². The Bertz CT molecular complexity index is 1120. The first-order valence-electron chi connectivity index (χ1n) is 15.1. The maximum absolute atomic E-state index is 14.4. The van der Waals surface area contributed by atoms with Crippen LogP contribution in [0.5, 0.6) is 0 Å². The van der Waals surface area contributed by atoms with Crippen LogP contribution in [0.2, 0.25) is 0 Å². The van der Waals surface area contributed by atoms with Crippen molar-refractivity contribution in [1.82, 2.24) is 10.2 Å². The maximum atomic E-state index is 14.4. The van der Waals surface area contributed by atoms with Crippen LogP contribution < -0.4 is 10.6 Å². The average molecular weight is 566 g/mol. The van der Waals surface area contributed by atoms with Gasteiger partial charge in [-0.1, -0.05) is 94.5 Å². The molecule has 41 heavy (non-hydrogen) atoms. The number of anilines is 1. The van der Waals surface area contributed by atoms with Gasteiger partial charge in [-0.2, -0.15) is 0 Å².